The Balaban J connectivity index is 1.47. The standard InChI is InChI=1S/C26H19Br2N3O5/c1-15-2-7-18(8-3-15)29-23(32)14-36-22-11-4-16(13-21(22)28)12-20-24(33)30-26(35)31(25(20)34)19-9-5-17(27)6-10-19/h2-13H,14H2,1H3,(H,29,32)(H,30,33,35)/b20-12+. The highest BCUT2D eigenvalue weighted by molar-refractivity contribution is 9.10. The summed E-state index contributed by atoms with van der Waals surface area (Å²) in [5, 5.41) is 4.94. The van der Waals surface area contributed by atoms with E-state index in [1.165, 1.54) is 6.08 Å². The maximum Gasteiger partial charge on any atom is 0.335 e. The van der Waals surface area contributed by atoms with Gasteiger partial charge in [0.25, 0.3) is 17.7 Å². The molecule has 1 aliphatic heterocycles. The molecule has 1 fully saturated rings. The van der Waals surface area contributed by atoms with Crippen molar-refractivity contribution in [2.24, 2.45) is 0 Å². The maximum absolute atomic E-state index is 13.0. The third-order valence-corrected chi connectivity index (χ3v) is 6.30. The number of imide groups is 2. The van der Waals surface area contributed by atoms with Crippen LogP contribution in [0.15, 0.2) is 81.2 Å². The number of carbonyl (C=O) groups is 4. The number of nitrogens with one attached hydrogen (secondary N) is 2. The van der Waals surface area contributed by atoms with Gasteiger partial charge < -0.3 is 10.1 Å². The summed E-state index contributed by atoms with van der Waals surface area (Å²) in [6.07, 6.45) is 1.38. The third-order valence-electron chi connectivity index (χ3n) is 5.15. The zero-order valence-electron chi connectivity index (χ0n) is 18.9. The first-order valence-corrected chi connectivity index (χ1v) is 12.3. The van der Waals surface area contributed by atoms with E-state index in [2.05, 4.69) is 42.5 Å². The largest absolute Gasteiger partial charge is 0.483 e. The first kappa shape index (κ1) is 25.3. The van der Waals surface area contributed by atoms with Crippen LogP contribution in [0.25, 0.3) is 6.08 Å². The molecule has 0 unspecified atom stereocenters. The Morgan fingerprint density at radius 1 is 1.00 bits per heavy atom. The zero-order chi connectivity index (χ0) is 25.8. The second-order valence-electron chi connectivity index (χ2n) is 7.83. The number of ether oxygens (including phenoxy) is 1. The number of hydrogen-bond donors (Lipinski definition) is 2. The average molecular weight is 613 g/mol. The fourth-order valence-electron chi connectivity index (χ4n) is 3.35. The monoisotopic (exact) mass is 611 g/mol. The molecule has 0 saturated carbocycles. The van der Waals surface area contributed by atoms with Crippen molar-refractivity contribution in [3.63, 3.8) is 0 Å². The lowest BCUT2D eigenvalue weighted by Crippen LogP contribution is -2.54. The maximum atomic E-state index is 13.0. The van der Waals surface area contributed by atoms with E-state index in [0.29, 0.717) is 27.2 Å². The molecular formula is C26H19Br2N3O5. The molecular weight excluding hydrogens is 594 g/mol. The van der Waals surface area contributed by atoms with E-state index in [1.54, 1.807) is 54.6 Å². The van der Waals surface area contributed by atoms with Gasteiger partial charge in [0.15, 0.2) is 6.61 Å². The van der Waals surface area contributed by atoms with Crippen molar-refractivity contribution in [1.82, 2.24) is 5.32 Å². The highest BCUT2D eigenvalue weighted by Gasteiger charge is 2.36. The van der Waals surface area contributed by atoms with Gasteiger partial charge in [-0.1, -0.05) is 39.7 Å². The summed E-state index contributed by atoms with van der Waals surface area (Å²) in [6, 6.07) is 18.0. The molecule has 182 valence electrons. The number of aryl methyl sites for hydroxylation is 1. The van der Waals surface area contributed by atoms with E-state index in [0.717, 1.165) is 14.9 Å². The Labute approximate surface area is 223 Å². The van der Waals surface area contributed by atoms with Crippen molar-refractivity contribution in [3.05, 3.63) is 92.4 Å². The van der Waals surface area contributed by atoms with Crippen LogP contribution >= 0.6 is 31.9 Å². The van der Waals surface area contributed by atoms with Crippen LogP contribution in [0.1, 0.15) is 11.1 Å². The van der Waals surface area contributed by atoms with Crippen LogP contribution in [0.2, 0.25) is 0 Å². The summed E-state index contributed by atoms with van der Waals surface area (Å²) in [5.74, 6) is -1.45. The van der Waals surface area contributed by atoms with Gasteiger partial charge in [-0.2, -0.15) is 0 Å². The zero-order valence-corrected chi connectivity index (χ0v) is 22.1. The van der Waals surface area contributed by atoms with Gasteiger partial charge in [0.05, 0.1) is 10.2 Å². The Kier molecular flexibility index (Phi) is 7.66. The summed E-state index contributed by atoms with van der Waals surface area (Å²) in [5.41, 5.74) is 2.40. The van der Waals surface area contributed by atoms with E-state index in [9.17, 15) is 19.2 Å². The minimum absolute atomic E-state index is 0.199. The van der Waals surface area contributed by atoms with Gasteiger partial charge in [-0.05, 0) is 83.0 Å². The van der Waals surface area contributed by atoms with Gasteiger partial charge in [0.2, 0.25) is 0 Å². The first-order chi connectivity index (χ1) is 17.2. The second-order valence-corrected chi connectivity index (χ2v) is 9.60. The number of hydrogen-bond acceptors (Lipinski definition) is 5. The van der Waals surface area contributed by atoms with Crippen molar-refractivity contribution < 1.29 is 23.9 Å². The lowest BCUT2D eigenvalue weighted by molar-refractivity contribution is -0.122. The molecule has 5 amide bonds. The summed E-state index contributed by atoms with van der Waals surface area (Å²) in [6.45, 7) is 1.75. The number of amides is 5. The Morgan fingerprint density at radius 2 is 1.69 bits per heavy atom. The number of rotatable bonds is 6. The fourth-order valence-corrected chi connectivity index (χ4v) is 4.13. The van der Waals surface area contributed by atoms with Gasteiger partial charge in [0, 0.05) is 10.2 Å². The topological polar surface area (TPSA) is 105 Å². The van der Waals surface area contributed by atoms with E-state index < -0.39 is 17.8 Å². The number of benzene rings is 3. The molecule has 0 atom stereocenters. The molecule has 0 radical (unpaired) electrons. The summed E-state index contributed by atoms with van der Waals surface area (Å²) in [4.78, 5) is 50.9. The quantitative estimate of drug-likeness (QED) is 0.294. The van der Waals surface area contributed by atoms with E-state index >= 15 is 0 Å². The van der Waals surface area contributed by atoms with E-state index in [-0.39, 0.29) is 18.1 Å². The number of carbonyl (C=O) groups excluding carboxylic acids is 4. The Hall–Kier alpha value is -3.76. The van der Waals surface area contributed by atoms with Crippen LogP contribution < -0.4 is 20.3 Å². The summed E-state index contributed by atoms with van der Waals surface area (Å²) < 4.78 is 6.90. The number of urea groups is 1. The van der Waals surface area contributed by atoms with Gasteiger partial charge in [-0.15, -0.1) is 0 Å². The predicted molar refractivity (Wildman–Crippen MR) is 143 cm³/mol. The molecule has 3 aromatic rings. The molecule has 2 N–H and O–H groups in total. The molecule has 1 heterocycles. The van der Waals surface area contributed by atoms with Gasteiger partial charge in [-0.3, -0.25) is 19.7 Å². The van der Waals surface area contributed by atoms with Gasteiger partial charge in [-0.25, -0.2) is 9.69 Å². The molecule has 36 heavy (non-hydrogen) atoms. The van der Waals surface area contributed by atoms with Gasteiger partial charge >= 0.3 is 6.03 Å². The predicted octanol–water partition coefficient (Wildman–Crippen LogP) is 5.20. The molecule has 0 spiro atoms. The molecule has 8 nitrogen and oxygen atoms in total. The first-order valence-electron chi connectivity index (χ1n) is 10.7. The summed E-state index contributed by atoms with van der Waals surface area (Å²) in [7, 11) is 0. The van der Waals surface area contributed by atoms with Crippen molar-refractivity contribution in [3.8, 4) is 5.75 Å². The molecule has 4 rings (SSSR count). The van der Waals surface area contributed by atoms with E-state index in [4.69, 9.17) is 4.74 Å². The Bertz CT molecular complexity index is 1390. The second kappa shape index (κ2) is 10.9. The van der Waals surface area contributed by atoms with Crippen LogP contribution in [0, 0.1) is 6.92 Å². The van der Waals surface area contributed by atoms with Gasteiger partial charge in [0.1, 0.15) is 11.3 Å². The summed E-state index contributed by atoms with van der Waals surface area (Å²) >= 11 is 6.70. The number of nitrogens with zero attached hydrogens (tertiary/aromatic N) is 1. The SMILES string of the molecule is Cc1ccc(NC(=O)COc2ccc(/C=C3\C(=O)NC(=O)N(c4ccc(Br)cc4)C3=O)cc2Br)cc1. The molecule has 0 aliphatic carbocycles. The normalized spacial score (nSPS) is 14.6. The van der Waals surface area contributed by atoms with Crippen molar-refractivity contribution in [1.29, 1.82) is 0 Å². The van der Waals surface area contributed by atoms with Crippen LogP contribution in [-0.2, 0) is 14.4 Å². The third kappa shape index (κ3) is 5.89. The lowest BCUT2D eigenvalue weighted by atomic mass is 10.1. The van der Waals surface area contributed by atoms with E-state index in [1.807, 2.05) is 19.1 Å². The van der Waals surface area contributed by atoms with Crippen LogP contribution in [0.3, 0.4) is 0 Å². The molecule has 1 saturated heterocycles. The fraction of sp³-hybridized carbons (Fsp3) is 0.0769. The van der Waals surface area contributed by atoms with Crippen LogP contribution in [0.5, 0.6) is 5.75 Å². The molecule has 3 aromatic carbocycles. The molecule has 1 aliphatic rings. The minimum atomic E-state index is -0.821. The van der Waals surface area contributed by atoms with Crippen LogP contribution in [-0.4, -0.2) is 30.4 Å². The molecule has 0 bridgehead atoms. The van der Waals surface area contributed by atoms with Crippen molar-refractivity contribution in [2.45, 2.75) is 6.92 Å². The number of halogens is 2. The molecule has 0 aromatic heterocycles. The van der Waals surface area contributed by atoms with Crippen molar-refractivity contribution in [2.75, 3.05) is 16.8 Å². The van der Waals surface area contributed by atoms with Crippen LogP contribution in [0.4, 0.5) is 16.2 Å². The number of anilines is 2. The number of barbiturate groups is 1. The lowest BCUT2D eigenvalue weighted by Gasteiger charge is -2.26. The smallest absolute Gasteiger partial charge is 0.335 e. The highest BCUT2D eigenvalue weighted by atomic mass is 79.9. The van der Waals surface area contributed by atoms with Crippen molar-refractivity contribution >= 4 is 73.1 Å². The minimum Gasteiger partial charge on any atom is -0.483 e. The molecule has 10 heteroatoms. The Morgan fingerprint density at radius 3 is 2.36 bits per heavy atom. The average Bonchev–Trinajstić information content (AvgIpc) is 2.84. The highest BCUT2D eigenvalue weighted by Crippen LogP contribution is 2.28.